The Hall–Kier alpha value is -0.570. The number of hydrogen-bond acceptors (Lipinski definition) is 2. The van der Waals surface area contributed by atoms with Crippen LogP contribution in [0.25, 0.3) is 0 Å². The summed E-state index contributed by atoms with van der Waals surface area (Å²) in [4.78, 5) is 11.3. The third-order valence-electron chi connectivity index (χ3n) is 2.15. The molecule has 0 spiro atoms. The molecule has 0 saturated heterocycles. The molecular weight excluding hydrogens is 152 g/mol. The van der Waals surface area contributed by atoms with Gasteiger partial charge in [-0.1, -0.05) is 20.8 Å². The maximum absolute atomic E-state index is 11.3. The maximum Gasteiger partial charge on any atom is 0.237 e. The summed E-state index contributed by atoms with van der Waals surface area (Å²) in [6, 6.07) is -0.152. The van der Waals surface area contributed by atoms with E-state index in [4.69, 9.17) is 5.73 Å². The van der Waals surface area contributed by atoms with E-state index < -0.39 is 0 Å². The summed E-state index contributed by atoms with van der Waals surface area (Å²) >= 11 is 0. The van der Waals surface area contributed by atoms with Gasteiger partial charge in [0.15, 0.2) is 0 Å². The zero-order chi connectivity index (χ0) is 9.72. The second-order valence-corrected chi connectivity index (χ2v) is 3.56. The van der Waals surface area contributed by atoms with Crippen LogP contribution >= 0.6 is 0 Å². The minimum Gasteiger partial charge on any atom is -0.352 e. The zero-order valence-electron chi connectivity index (χ0n) is 8.42. The minimum atomic E-state index is -0.355. The Labute approximate surface area is 74.7 Å². The van der Waals surface area contributed by atoms with Crippen molar-refractivity contribution in [3.63, 3.8) is 0 Å². The topological polar surface area (TPSA) is 55.1 Å². The Kier molecular flexibility index (Phi) is 4.90. The SMILES string of the molecule is CC[C@H](N)C(=O)NC(C)C(C)C. The Morgan fingerprint density at radius 1 is 1.42 bits per heavy atom. The first-order chi connectivity index (χ1) is 5.49. The standard InChI is InChI=1S/C9H20N2O/c1-5-8(10)9(12)11-7(4)6(2)3/h6-8H,5,10H2,1-4H3,(H,11,12)/t7?,8-/m0/s1. The van der Waals surface area contributed by atoms with Crippen LogP contribution < -0.4 is 11.1 Å². The van der Waals surface area contributed by atoms with E-state index >= 15 is 0 Å². The van der Waals surface area contributed by atoms with E-state index in [2.05, 4.69) is 19.2 Å². The predicted molar refractivity (Wildman–Crippen MR) is 50.7 cm³/mol. The van der Waals surface area contributed by atoms with Crippen LogP contribution in [0.3, 0.4) is 0 Å². The van der Waals surface area contributed by atoms with Gasteiger partial charge in [0.05, 0.1) is 6.04 Å². The van der Waals surface area contributed by atoms with Crippen molar-refractivity contribution in [2.45, 2.75) is 46.2 Å². The molecule has 1 amide bonds. The molecule has 0 bridgehead atoms. The molecular formula is C9H20N2O. The van der Waals surface area contributed by atoms with Crippen molar-refractivity contribution in [3.05, 3.63) is 0 Å². The molecule has 0 fully saturated rings. The number of carbonyl (C=O) groups excluding carboxylic acids is 1. The average Bonchev–Trinajstić information content (AvgIpc) is 2.02. The number of amides is 1. The van der Waals surface area contributed by atoms with Gasteiger partial charge in [0.2, 0.25) is 5.91 Å². The molecule has 12 heavy (non-hydrogen) atoms. The number of nitrogens with one attached hydrogen (secondary N) is 1. The molecule has 1 unspecified atom stereocenters. The molecule has 0 aliphatic rings. The minimum absolute atomic E-state index is 0.0429. The lowest BCUT2D eigenvalue weighted by Gasteiger charge is -2.19. The Morgan fingerprint density at radius 3 is 2.25 bits per heavy atom. The predicted octanol–water partition coefficient (Wildman–Crippen LogP) is 0.884. The third-order valence-corrected chi connectivity index (χ3v) is 2.15. The van der Waals surface area contributed by atoms with Gasteiger partial charge in [-0.15, -0.1) is 0 Å². The van der Waals surface area contributed by atoms with Gasteiger partial charge < -0.3 is 11.1 Å². The van der Waals surface area contributed by atoms with Gasteiger partial charge >= 0.3 is 0 Å². The smallest absolute Gasteiger partial charge is 0.237 e. The van der Waals surface area contributed by atoms with Crippen LogP contribution in [0.1, 0.15) is 34.1 Å². The van der Waals surface area contributed by atoms with Gasteiger partial charge in [-0.25, -0.2) is 0 Å². The lowest BCUT2D eigenvalue weighted by Crippen LogP contribution is -2.45. The molecule has 3 nitrogen and oxygen atoms in total. The number of carbonyl (C=O) groups is 1. The molecule has 0 aromatic carbocycles. The number of rotatable bonds is 4. The highest BCUT2D eigenvalue weighted by Gasteiger charge is 2.15. The van der Waals surface area contributed by atoms with Crippen molar-refractivity contribution in [2.75, 3.05) is 0 Å². The van der Waals surface area contributed by atoms with E-state index in [0.717, 1.165) is 0 Å². The molecule has 0 saturated carbocycles. The monoisotopic (exact) mass is 172 g/mol. The Morgan fingerprint density at radius 2 is 1.92 bits per heavy atom. The molecule has 0 aliphatic carbocycles. The van der Waals surface area contributed by atoms with Crippen LogP contribution in [0.2, 0.25) is 0 Å². The summed E-state index contributed by atoms with van der Waals surface area (Å²) in [6.07, 6.45) is 0.691. The summed E-state index contributed by atoms with van der Waals surface area (Å²) in [7, 11) is 0. The van der Waals surface area contributed by atoms with Crippen LogP contribution in [0.15, 0.2) is 0 Å². The van der Waals surface area contributed by atoms with Crippen LogP contribution in [-0.2, 0) is 4.79 Å². The molecule has 0 aliphatic heterocycles. The van der Waals surface area contributed by atoms with Gasteiger partial charge in [0.1, 0.15) is 0 Å². The second kappa shape index (κ2) is 5.14. The first kappa shape index (κ1) is 11.4. The van der Waals surface area contributed by atoms with E-state index in [1.165, 1.54) is 0 Å². The fraction of sp³-hybridized carbons (Fsp3) is 0.889. The van der Waals surface area contributed by atoms with Crippen molar-refractivity contribution >= 4 is 5.91 Å². The van der Waals surface area contributed by atoms with Gasteiger partial charge in [0.25, 0.3) is 0 Å². The molecule has 0 radical (unpaired) electrons. The van der Waals surface area contributed by atoms with Crippen molar-refractivity contribution in [2.24, 2.45) is 11.7 Å². The molecule has 3 heteroatoms. The van der Waals surface area contributed by atoms with Crippen LogP contribution in [0.4, 0.5) is 0 Å². The molecule has 0 rings (SSSR count). The summed E-state index contributed by atoms with van der Waals surface area (Å²) in [5.41, 5.74) is 5.55. The molecule has 0 heterocycles. The summed E-state index contributed by atoms with van der Waals surface area (Å²) in [5, 5.41) is 2.87. The second-order valence-electron chi connectivity index (χ2n) is 3.56. The fourth-order valence-corrected chi connectivity index (χ4v) is 0.683. The van der Waals surface area contributed by atoms with Crippen LogP contribution in [0.5, 0.6) is 0 Å². The normalized spacial score (nSPS) is 15.8. The molecule has 0 aromatic rings. The summed E-state index contributed by atoms with van der Waals surface area (Å²) in [6.45, 7) is 8.04. The quantitative estimate of drug-likeness (QED) is 0.661. The largest absolute Gasteiger partial charge is 0.352 e. The van der Waals surface area contributed by atoms with Crippen molar-refractivity contribution in [3.8, 4) is 0 Å². The molecule has 72 valence electrons. The van der Waals surface area contributed by atoms with Gasteiger partial charge in [-0.3, -0.25) is 4.79 Å². The lowest BCUT2D eigenvalue weighted by molar-refractivity contribution is -0.123. The number of hydrogen-bond donors (Lipinski definition) is 2. The highest BCUT2D eigenvalue weighted by atomic mass is 16.2. The summed E-state index contributed by atoms with van der Waals surface area (Å²) < 4.78 is 0. The van der Waals surface area contributed by atoms with Gasteiger partial charge in [0, 0.05) is 6.04 Å². The van der Waals surface area contributed by atoms with E-state index in [-0.39, 0.29) is 18.0 Å². The Balaban J connectivity index is 3.84. The van der Waals surface area contributed by atoms with Crippen molar-refractivity contribution < 1.29 is 4.79 Å². The highest BCUT2D eigenvalue weighted by molar-refractivity contribution is 5.81. The fourth-order valence-electron chi connectivity index (χ4n) is 0.683. The molecule has 2 atom stereocenters. The summed E-state index contributed by atoms with van der Waals surface area (Å²) in [5.74, 6) is 0.414. The van der Waals surface area contributed by atoms with E-state index in [9.17, 15) is 4.79 Å². The van der Waals surface area contributed by atoms with Crippen molar-refractivity contribution in [1.29, 1.82) is 0 Å². The lowest BCUT2D eigenvalue weighted by atomic mass is 10.1. The zero-order valence-corrected chi connectivity index (χ0v) is 8.42. The van der Waals surface area contributed by atoms with E-state index in [0.29, 0.717) is 12.3 Å². The van der Waals surface area contributed by atoms with Crippen LogP contribution in [0, 0.1) is 5.92 Å². The van der Waals surface area contributed by atoms with Gasteiger partial charge in [-0.05, 0) is 19.3 Å². The maximum atomic E-state index is 11.3. The van der Waals surface area contributed by atoms with E-state index in [1.54, 1.807) is 0 Å². The Bertz CT molecular complexity index is 145. The van der Waals surface area contributed by atoms with Gasteiger partial charge in [-0.2, -0.15) is 0 Å². The molecule has 3 N–H and O–H groups in total. The first-order valence-corrected chi connectivity index (χ1v) is 4.55. The average molecular weight is 172 g/mol. The number of nitrogens with two attached hydrogens (primary N) is 1. The van der Waals surface area contributed by atoms with Crippen LogP contribution in [-0.4, -0.2) is 18.0 Å². The highest BCUT2D eigenvalue weighted by Crippen LogP contribution is 2.00. The first-order valence-electron chi connectivity index (χ1n) is 4.55. The van der Waals surface area contributed by atoms with E-state index in [1.807, 2.05) is 13.8 Å². The third kappa shape index (κ3) is 3.72. The van der Waals surface area contributed by atoms with Crippen molar-refractivity contribution in [1.82, 2.24) is 5.32 Å². The molecule has 0 aromatic heterocycles.